The molecule has 136 valence electrons. The summed E-state index contributed by atoms with van der Waals surface area (Å²) >= 11 is 0. The molecular weight excluding hydrogens is 327 g/mol. The minimum absolute atomic E-state index is 0.200. The summed E-state index contributed by atoms with van der Waals surface area (Å²) in [6.45, 7) is 9.00. The van der Waals surface area contributed by atoms with Crippen LogP contribution in [0.25, 0.3) is 10.9 Å². The van der Waals surface area contributed by atoms with Gasteiger partial charge in [-0.25, -0.2) is 14.4 Å². The summed E-state index contributed by atoms with van der Waals surface area (Å²) in [5, 5.41) is 0.612. The minimum Gasteiger partial charge on any atom is -0.356 e. The average Bonchev–Trinajstić information content (AvgIpc) is 3.13. The van der Waals surface area contributed by atoms with E-state index in [4.69, 9.17) is 4.98 Å². The first-order valence-electron chi connectivity index (χ1n) is 9.41. The van der Waals surface area contributed by atoms with Gasteiger partial charge in [-0.05, 0) is 56.9 Å². The summed E-state index contributed by atoms with van der Waals surface area (Å²) in [5.41, 5.74) is 2.81. The number of rotatable bonds is 3. The van der Waals surface area contributed by atoms with Crippen molar-refractivity contribution in [1.29, 1.82) is 0 Å². The maximum Gasteiger partial charge on any atom is 0.132 e. The van der Waals surface area contributed by atoms with Crippen molar-refractivity contribution in [2.24, 2.45) is 0 Å². The van der Waals surface area contributed by atoms with Gasteiger partial charge >= 0.3 is 0 Å². The number of hydrogen-bond acceptors (Lipinski definition) is 3. The Morgan fingerprint density at radius 1 is 1.23 bits per heavy atom. The third-order valence-corrected chi connectivity index (χ3v) is 5.47. The molecule has 1 fully saturated rings. The number of aryl methyl sites for hydroxylation is 3. The summed E-state index contributed by atoms with van der Waals surface area (Å²) < 4.78 is 16.4. The van der Waals surface area contributed by atoms with Crippen LogP contribution in [-0.4, -0.2) is 27.6 Å². The third-order valence-electron chi connectivity index (χ3n) is 5.47. The van der Waals surface area contributed by atoms with Crippen molar-refractivity contribution in [2.45, 2.75) is 46.1 Å². The van der Waals surface area contributed by atoms with E-state index in [1.54, 1.807) is 6.07 Å². The molecule has 0 saturated carbocycles. The molecule has 0 bridgehead atoms. The predicted molar refractivity (Wildman–Crippen MR) is 103 cm³/mol. The zero-order chi connectivity index (χ0) is 18.3. The fraction of sp³-hybridized carbons (Fsp3) is 0.429. The molecule has 4 nitrogen and oxygen atoms in total. The maximum absolute atomic E-state index is 14.2. The number of piperidine rings is 1. The van der Waals surface area contributed by atoms with Crippen molar-refractivity contribution in [3.63, 3.8) is 0 Å². The van der Waals surface area contributed by atoms with Crippen molar-refractivity contribution >= 4 is 16.7 Å². The van der Waals surface area contributed by atoms with Gasteiger partial charge in [0.25, 0.3) is 0 Å². The summed E-state index contributed by atoms with van der Waals surface area (Å²) in [6.07, 6.45) is 6.21. The van der Waals surface area contributed by atoms with E-state index in [2.05, 4.69) is 27.6 Å². The van der Waals surface area contributed by atoms with E-state index in [0.717, 1.165) is 60.8 Å². The summed E-state index contributed by atoms with van der Waals surface area (Å²) in [5.74, 6) is 2.35. The second-order valence-corrected chi connectivity index (χ2v) is 7.25. The Morgan fingerprint density at radius 2 is 2.08 bits per heavy atom. The van der Waals surface area contributed by atoms with Gasteiger partial charge in [0.05, 0.1) is 5.52 Å². The highest BCUT2D eigenvalue weighted by Gasteiger charge is 2.26. The molecule has 4 rings (SSSR count). The number of nitrogens with zero attached hydrogens (tertiary/aromatic N) is 4. The van der Waals surface area contributed by atoms with E-state index < -0.39 is 0 Å². The van der Waals surface area contributed by atoms with Crippen molar-refractivity contribution in [2.75, 3.05) is 18.0 Å². The topological polar surface area (TPSA) is 34.0 Å². The molecule has 0 aliphatic carbocycles. The Hall–Kier alpha value is -2.43. The molecule has 2 aromatic heterocycles. The molecule has 0 spiro atoms. The molecule has 5 heteroatoms. The first kappa shape index (κ1) is 17.0. The molecule has 0 amide bonds. The van der Waals surface area contributed by atoms with Gasteiger partial charge < -0.3 is 9.47 Å². The lowest BCUT2D eigenvalue weighted by Gasteiger charge is -2.34. The molecule has 1 aromatic carbocycles. The van der Waals surface area contributed by atoms with Crippen LogP contribution in [0.2, 0.25) is 0 Å². The molecule has 1 aliphatic heterocycles. The van der Waals surface area contributed by atoms with Crippen LogP contribution in [0, 0.1) is 19.7 Å². The predicted octanol–water partition coefficient (Wildman–Crippen LogP) is 4.59. The number of halogens is 1. The highest BCUT2D eigenvalue weighted by atomic mass is 19.1. The van der Waals surface area contributed by atoms with Gasteiger partial charge in [-0.3, -0.25) is 0 Å². The van der Waals surface area contributed by atoms with Crippen LogP contribution < -0.4 is 4.90 Å². The van der Waals surface area contributed by atoms with E-state index in [1.807, 2.05) is 26.1 Å². The van der Waals surface area contributed by atoms with Crippen molar-refractivity contribution in [1.82, 2.24) is 14.5 Å². The fourth-order valence-electron chi connectivity index (χ4n) is 4.10. The van der Waals surface area contributed by atoms with E-state index in [-0.39, 0.29) is 5.82 Å². The first-order chi connectivity index (χ1) is 12.6. The second kappa shape index (κ2) is 6.71. The number of aromatic nitrogens is 3. The van der Waals surface area contributed by atoms with Crippen LogP contribution in [0.1, 0.15) is 42.6 Å². The lowest BCUT2D eigenvalue weighted by atomic mass is 9.96. The molecule has 0 unspecified atom stereocenters. The lowest BCUT2D eigenvalue weighted by Crippen LogP contribution is -2.36. The third kappa shape index (κ3) is 2.85. The molecule has 0 radical (unpaired) electrons. The zero-order valence-corrected chi connectivity index (χ0v) is 15.7. The van der Waals surface area contributed by atoms with Crippen molar-refractivity contribution in [3.05, 3.63) is 53.4 Å². The molecule has 1 atom stereocenters. The summed E-state index contributed by atoms with van der Waals surface area (Å²) in [7, 11) is 0. The molecular formula is C21H25FN4. The van der Waals surface area contributed by atoms with Gasteiger partial charge in [0, 0.05) is 43.3 Å². The Kier molecular flexibility index (Phi) is 4.39. The van der Waals surface area contributed by atoms with Crippen molar-refractivity contribution in [3.8, 4) is 0 Å². The fourth-order valence-corrected chi connectivity index (χ4v) is 4.10. The van der Waals surface area contributed by atoms with Gasteiger partial charge in [-0.2, -0.15) is 0 Å². The van der Waals surface area contributed by atoms with Crippen molar-refractivity contribution < 1.29 is 4.39 Å². The number of pyridine rings is 1. The van der Waals surface area contributed by atoms with Gasteiger partial charge in [0.2, 0.25) is 0 Å². The number of hydrogen-bond donors (Lipinski definition) is 0. The minimum atomic E-state index is -0.200. The number of imidazole rings is 1. The number of fused-ring (bicyclic) bond motifs is 1. The van der Waals surface area contributed by atoms with Gasteiger partial charge in [0.1, 0.15) is 17.5 Å². The Bertz CT molecular complexity index is 947. The molecule has 3 aromatic rings. The van der Waals surface area contributed by atoms with Crippen LogP contribution in [0.4, 0.5) is 10.2 Å². The van der Waals surface area contributed by atoms with Gasteiger partial charge in [0.15, 0.2) is 0 Å². The van der Waals surface area contributed by atoms with Gasteiger partial charge in [-0.15, -0.1) is 0 Å². The van der Waals surface area contributed by atoms with E-state index in [0.29, 0.717) is 11.3 Å². The number of anilines is 1. The van der Waals surface area contributed by atoms with Crippen LogP contribution in [0.15, 0.2) is 30.6 Å². The Morgan fingerprint density at radius 3 is 2.88 bits per heavy atom. The van der Waals surface area contributed by atoms with Crippen LogP contribution in [0.5, 0.6) is 0 Å². The maximum atomic E-state index is 14.2. The van der Waals surface area contributed by atoms with E-state index >= 15 is 0 Å². The summed E-state index contributed by atoms with van der Waals surface area (Å²) in [4.78, 5) is 11.8. The Balaban J connectivity index is 1.71. The average molecular weight is 352 g/mol. The summed E-state index contributed by atoms with van der Waals surface area (Å²) in [6, 6.07) is 5.28. The second-order valence-electron chi connectivity index (χ2n) is 7.25. The van der Waals surface area contributed by atoms with Crippen LogP contribution >= 0.6 is 0 Å². The van der Waals surface area contributed by atoms with E-state index in [1.165, 1.54) is 6.07 Å². The van der Waals surface area contributed by atoms with Crippen LogP contribution in [-0.2, 0) is 6.54 Å². The highest BCUT2D eigenvalue weighted by molar-refractivity contribution is 5.85. The smallest absolute Gasteiger partial charge is 0.132 e. The largest absolute Gasteiger partial charge is 0.356 e. The molecule has 26 heavy (non-hydrogen) atoms. The molecule has 3 heterocycles. The SMILES string of the molecule is CCn1ccnc1[C@H]1CCCN(c2nc3c(C)ccc(F)c3cc2C)C1. The molecule has 1 saturated heterocycles. The van der Waals surface area contributed by atoms with Gasteiger partial charge in [-0.1, -0.05) is 6.07 Å². The standard InChI is InChI=1S/C21H25FN4/c1-4-25-11-9-23-21(25)16-6-5-10-26(13-16)20-15(3)12-17-18(22)8-7-14(2)19(17)24-20/h7-9,11-12,16H,4-6,10,13H2,1-3H3/t16-/m0/s1. The van der Waals surface area contributed by atoms with Crippen LogP contribution in [0.3, 0.4) is 0 Å². The lowest BCUT2D eigenvalue weighted by molar-refractivity contribution is 0.471. The zero-order valence-electron chi connectivity index (χ0n) is 15.7. The highest BCUT2D eigenvalue weighted by Crippen LogP contribution is 2.32. The Labute approximate surface area is 153 Å². The molecule has 1 aliphatic rings. The quantitative estimate of drug-likeness (QED) is 0.691. The first-order valence-corrected chi connectivity index (χ1v) is 9.41. The molecule has 0 N–H and O–H groups in total. The number of benzene rings is 1. The van der Waals surface area contributed by atoms with E-state index in [9.17, 15) is 4.39 Å². The monoisotopic (exact) mass is 352 g/mol. The normalized spacial score (nSPS) is 17.8.